The second-order valence-electron chi connectivity index (χ2n) is 2.96. The summed E-state index contributed by atoms with van der Waals surface area (Å²) in [6.45, 7) is 3.81. The number of hydrogen-bond acceptors (Lipinski definition) is 1. The van der Waals surface area contributed by atoms with Crippen LogP contribution in [0.2, 0.25) is 0 Å². The molecule has 0 aliphatic rings. The Kier molecular flexibility index (Phi) is 2.56. The Hall–Kier alpha value is -1.51. The first kappa shape index (κ1) is 9.58. The fraction of sp³-hybridized carbons (Fsp3) is 0.300. The Morgan fingerprint density at radius 3 is 2.62 bits per heavy atom. The zero-order valence-corrected chi connectivity index (χ0v) is 8.03. The Bertz CT molecular complexity index is 361. The number of aromatic carboxylic acids is 1. The van der Waals surface area contributed by atoms with Crippen molar-refractivity contribution in [3.63, 3.8) is 0 Å². The molecule has 0 aliphatic heterocycles. The van der Waals surface area contributed by atoms with E-state index < -0.39 is 5.97 Å². The molecule has 70 valence electrons. The van der Waals surface area contributed by atoms with E-state index in [1.165, 1.54) is 0 Å². The van der Waals surface area contributed by atoms with Crippen LogP contribution in [0.1, 0.15) is 28.7 Å². The summed E-state index contributed by atoms with van der Waals surface area (Å²) >= 11 is 0. The van der Waals surface area contributed by atoms with Gasteiger partial charge in [0.25, 0.3) is 0 Å². The Morgan fingerprint density at radius 2 is 2.23 bits per heavy atom. The van der Waals surface area contributed by atoms with Gasteiger partial charge in [0.1, 0.15) is 5.69 Å². The number of carboxylic acids is 1. The summed E-state index contributed by atoms with van der Waals surface area (Å²) in [5.41, 5.74) is 2.25. The van der Waals surface area contributed by atoms with Gasteiger partial charge >= 0.3 is 5.97 Å². The molecule has 0 saturated heterocycles. The van der Waals surface area contributed by atoms with E-state index >= 15 is 0 Å². The van der Waals surface area contributed by atoms with Gasteiger partial charge < -0.3 is 9.67 Å². The summed E-state index contributed by atoms with van der Waals surface area (Å²) < 4.78 is 1.68. The van der Waals surface area contributed by atoms with Crippen molar-refractivity contribution in [1.29, 1.82) is 0 Å². The summed E-state index contributed by atoms with van der Waals surface area (Å²) in [4.78, 5) is 10.7. The molecule has 0 saturated carbocycles. The third kappa shape index (κ3) is 1.64. The number of allylic oxidation sites excluding steroid dienone is 1. The molecule has 1 N–H and O–H groups in total. The van der Waals surface area contributed by atoms with Crippen molar-refractivity contribution in [2.45, 2.75) is 13.8 Å². The number of aromatic nitrogens is 1. The van der Waals surface area contributed by atoms with E-state index in [1.807, 2.05) is 26.0 Å². The van der Waals surface area contributed by atoms with Gasteiger partial charge in [-0.15, -0.1) is 0 Å². The van der Waals surface area contributed by atoms with Crippen molar-refractivity contribution < 1.29 is 9.90 Å². The number of carbonyl (C=O) groups is 1. The normalized spacial score (nSPS) is 11.0. The average Bonchev–Trinajstić information content (AvgIpc) is 2.32. The van der Waals surface area contributed by atoms with Gasteiger partial charge in [0, 0.05) is 12.7 Å². The maximum Gasteiger partial charge on any atom is 0.352 e. The maximum atomic E-state index is 10.7. The van der Waals surface area contributed by atoms with Crippen LogP contribution >= 0.6 is 0 Å². The first-order chi connectivity index (χ1) is 6.07. The largest absolute Gasteiger partial charge is 0.477 e. The SMILES string of the molecule is C/C=C\c1c(C)cc(C(=O)O)n1C. The van der Waals surface area contributed by atoms with Crippen LogP contribution < -0.4 is 0 Å². The fourth-order valence-electron chi connectivity index (χ4n) is 1.38. The number of hydrogen-bond donors (Lipinski definition) is 1. The van der Waals surface area contributed by atoms with E-state index in [0.717, 1.165) is 11.3 Å². The maximum absolute atomic E-state index is 10.7. The molecule has 1 heterocycles. The number of nitrogens with zero attached hydrogens (tertiary/aromatic N) is 1. The second kappa shape index (κ2) is 3.47. The van der Waals surface area contributed by atoms with Gasteiger partial charge in [0.2, 0.25) is 0 Å². The molecule has 0 bridgehead atoms. The summed E-state index contributed by atoms with van der Waals surface area (Å²) in [6.07, 6.45) is 3.80. The third-order valence-electron chi connectivity index (χ3n) is 2.02. The molecule has 1 aromatic heterocycles. The standard InChI is InChI=1S/C10H13NO2/c1-4-5-8-7(2)6-9(10(12)13)11(8)3/h4-6H,1-3H3,(H,12,13)/b5-4-. The number of aryl methyl sites for hydroxylation is 1. The van der Waals surface area contributed by atoms with Crippen LogP contribution in [-0.4, -0.2) is 15.6 Å². The molecular weight excluding hydrogens is 166 g/mol. The van der Waals surface area contributed by atoms with Crippen molar-refractivity contribution in [3.05, 3.63) is 29.1 Å². The number of carboxylic acid groups (broad SMARTS) is 1. The molecule has 0 spiro atoms. The zero-order chi connectivity index (χ0) is 10.0. The van der Waals surface area contributed by atoms with Crippen LogP contribution in [0.3, 0.4) is 0 Å². The van der Waals surface area contributed by atoms with Crippen LogP contribution in [-0.2, 0) is 7.05 Å². The summed E-state index contributed by atoms with van der Waals surface area (Å²) in [5, 5.41) is 8.83. The highest BCUT2D eigenvalue weighted by Gasteiger charge is 2.12. The van der Waals surface area contributed by atoms with Crippen LogP contribution in [0.15, 0.2) is 12.1 Å². The highest BCUT2D eigenvalue weighted by atomic mass is 16.4. The molecule has 0 radical (unpaired) electrons. The lowest BCUT2D eigenvalue weighted by molar-refractivity contribution is 0.0686. The number of rotatable bonds is 2. The highest BCUT2D eigenvalue weighted by Crippen LogP contribution is 2.15. The van der Waals surface area contributed by atoms with Crippen molar-refractivity contribution in [3.8, 4) is 0 Å². The molecule has 13 heavy (non-hydrogen) atoms. The van der Waals surface area contributed by atoms with Gasteiger partial charge in [0.15, 0.2) is 0 Å². The predicted octanol–water partition coefficient (Wildman–Crippen LogP) is 2.06. The summed E-state index contributed by atoms with van der Waals surface area (Å²) in [6, 6.07) is 1.68. The minimum atomic E-state index is -0.888. The fourth-order valence-corrected chi connectivity index (χ4v) is 1.38. The molecule has 0 aliphatic carbocycles. The van der Waals surface area contributed by atoms with Crippen LogP contribution in [0.4, 0.5) is 0 Å². The third-order valence-corrected chi connectivity index (χ3v) is 2.02. The molecule has 3 nitrogen and oxygen atoms in total. The zero-order valence-electron chi connectivity index (χ0n) is 8.03. The first-order valence-electron chi connectivity index (χ1n) is 4.10. The Morgan fingerprint density at radius 1 is 1.62 bits per heavy atom. The monoisotopic (exact) mass is 179 g/mol. The van der Waals surface area contributed by atoms with Gasteiger partial charge in [-0.05, 0) is 31.6 Å². The van der Waals surface area contributed by atoms with Crippen LogP contribution in [0.5, 0.6) is 0 Å². The molecule has 3 heteroatoms. The van der Waals surface area contributed by atoms with Crippen molar-refractivity contribution in [1.82, 2.24) is 4.57 Å². The van der Waals surface area contributed by atoms with E-state index in [-0.39, 0.29) is 0 Å². The highest BCUT2D eigenvalue weighted by molar-refractivity contribution is 5.87. The topological polar surface area (TPSA) is 42.2 Å². The lowest BCUT2D eigenvalue weighted by atomic mass is 10.2. The van der Waals surface area contributed by atoms with E-state index in [1.54, 1.807) is 17.7 Å². The Balaban J connectivity index is 3.30. The summed E-state index contributed by atoms with van der Waals surface area (Å²) in [5.74, 6) is -0.888. The smallest absolute Gasteiger partial charge is 0.352 e. The molecule has 1 rings (SSSR count). The lowest BCUT2D eigenvalue weighted by Gasteiger charge is -2.00. The van der Waals surface area contributed by atoms with Gasteiger partial charge in [-0.1, -0.05) is 6.08 Å². The molecule has 0 fully saturated rings. The van der Waals surface area contributed by atoms with E-state index in [2.05, 4.69) is 0 Å². The van der Waals surface area contributed by atoms with Gasteiger partial charge in [0.05, 0.1) is 0 Å². The van der Waals surface area contributed by atoms with E-state index in [4.69, 9.17) is 5.11 Å². The Labute approximate surface area is 77.3 Å². The molecule has 1 aromatic rings. The van der Waals surface area contributed by atoms with Gasteiger partial charge in [-0.2, -0.15) is 0 Å². The molecule has 0 amide bonds. The predicted molar refractivity (Wildman–Crippen MR) is 51.8 cm³/mol. The van der Waals surface area contributed by atoms with E-state index in [9.17, 15) is 4.79 Å². The molecule has 0 atom stereocenters. The molecule has 0 aromatic carbocycles. The lowest BCUT2D eigenvalue weighted by Crippen LogP contribution is -2.04. The van der Waals surface area contributed by atoms with Crippen molar-refractivity contribution in [2.24, 2.45) is 7.05 Å². The minimum absolute atomic E-state index is 0.325. The summed E-state index contributed by atoms with van der Waals surface area (Å²) in [7, 11) is 1.76. The second-order valence-corrected chi connectivity index (χ2v) is 2.96. The van der Waals surface area contributed by atoms with Gasteiger partial charge in [-0.25, -0.2) is 4.79 Å². The van der Waals surface area contributed by atoms with E-state index in [0.29, 0.717) is 5.69 Å². The molecule has 0 unspecified atom stereocenters. The van der Waals surface area contributed by atoms with Crippen LogP contribution in [0, 0.1) is 6.92 Å². The minimum Gasteiger partial charge on any atom is -0.477 e. The average molecular weight is 179 g/mol. The molecular formula is C10H13NO2. The first-order valence-corrected chi connectivity index (χ1v) is 4.10. The quantitative estimate of drug-likeness (QED) is 0.755. The van der Waals surface area contributed by atoms with Crippen molar-refractivity contribution in [2.75, 3.05) is 0 Å². The van der Waals surface area contributed by atoms with Crippen molar-refractivity contribution >= 4 is 12.0 Å². The van der Waals surface area contributed by atoms with Crippen LogP contribution in [0.25, 0.3) is 6.08 Å². The van der Waals surface area contributed by atoms with Gasteiger partial charge in [-0.3, -0.25) is 0 Å².